The second-order valence-corrected chi connectivity index (χ2v) is 5.75. The van der Waals surface area contributed by atoms with Crippen LogP contribution in [-0.4, -0.2) is 12.1 Å². The van der Waals surface area contributed by atoms with Crippen LogP contribution in [0.2, 0.25) is 0 Å². The van der Waals surface area contributed by atoms with E-state index in [0.29, 0.717) is 5.75 Å². The zero-order valence-corrected chi connectivity index (χ0v) is 12.2. The van der Waals surface area contributed by atoms with Crippen LogP contribution in [0.4, 0.5) is 0 Å². The van der Waals surface area contributed by atoms with Crippen molar-refractivity contribution in [3.8, 4) is 5.75 Å². The predicted molar refractivity (Wildman–Crippen MR) is 79.7 cm³/mol. The number of pyridine rings is 1. The minimum Gasteiger partial charge on any atom is -0.494 e. The van der Waals surface area contributed by atoms with E-state index in [1.54, 1.807) is 7.11 Å². The van der Waals surface area contributed by atoms with Crippen LogP contribution in [0.15, 0.2) is 24.3 Å². The molecule has 0 unspecified atom stereocenters. The summed E-state index contributed by atoms with van der Waals surface area (Å²) in [6.45, 7) is 6.50. The largest absolute Gasteiger partial charge is 0.494 e. The van der Waals surface area contributed by atoms with Gasteiger partial charge in [-0.15, -0.1) is 0 Å². The molecule has 0 amide bonds. The second kappa shape index (κ2) is 4.81. The van der Waals surface area contributed by atoms with E-state index in [1.807, 2.05) is 12.1 Å². The summed E-state index contributed by atoms with van der Waals surface area (Å²) in [5.41, 5.74) is 3.22. The summed E-state index contributed by atoms with van der Waals surface area (Å²) in [6, 6.07) is 8.16. The predicted octanol–water partition coefficient (Wildman–Crippen LogP) is 3.97. The Hall–Kier alpha value is -1.22. The van der Waals surface area contributed by atoms with E-state index in [1.165, 1.54) is 5.56 Å². The van der Waals surface area contributed by atoms with Crippen molar-refractivity contribution in [1.29, 1.82) is 0 Å². The molecule has 96 valence electrons. The van der Waals surface area contributed by atoms with E-state index in [0.717, 1.165) is 22.3 Å². The third-order valence-corrected chi connectivity index (χ3v) is 3.39. The van der Waals surface area contributed by atoms with Crippen molar-refractivity contribution in [2.45, 2.75) is 31.9 Å². The number of fused-ring (bicyclic) bond motifs is 1. The molecule has 0 saturated heterocycles. The summed E-state index contributed by atoms with van der Waals surface area (Å²) < 4.78 is 5.41. The summed E-state index contributed by atoms with van der Waals surface area (Å²) in [6.07, 6.45) is 0. The first-order valence-corrected chi connectivity index (χ1v) is 6.68. The molecule has 0 saturated carbocycles. The molecule has 18 heavy (non-hydrogen) atoms. The van der Waals surface area contributed by atoms with E-state index in [2.05, 4.69) is 45.5 Å². The van der Waals surface area contributed by atoms with Gasteiger partial charge < -0.3 is 4.74 Å². The maximum Gasteiger partial charge on any atom is 0.145 e. The molecule has 0 N–H and O–H groups in total. The number of rotatable bonds is 2. The van der Waals surface area contributed by atoms with Crippen molar-refractivity contribution in [2.75, 3.05) is 7.11 Å². The molecular formula is C15H19NOS. The molecule has 0 aliphatic heterocycles. The fourth-order valence-electron chi connectivity index (χ4n) is 1.97. The molecule has 3 heteroatoms. The van der Waals surface area contributed by atoms with Crippen molar-refractivity contribution >= 4 is 23.5 Å². The molecule has 0 bridgehead atoms. The van der Waals surface area contributed by atoms with Crippen molar-refractivity contribution in [1.82, 2.24) is 4.98 Å². The molecule has 2 aromatic rings. The van der Waals surface area contributed by atoms with Crippen LogP contribution in [0.1, 0.15) is 32.0 Å². The molecule has 2 nitrogen and oxygen atoms in total. The molecule has 1 aromatic carbocycles. The van der Waals surface area contributed by atoms with Gasteiger partial charge in [0.1, 0.15) is 11.3 Å². The second-order valence-electron chi connectivity index (χ2n) is 5.43. The van der Waals surface area contributed by atoms with Crippen LogP contribution in [0.5, 0.6) is 5.75 Å². The fourth-order valence-corrected chi connectivity index (χ4v) is 2.23. The number of benzene rings is 1. The maximum atomic E-state index is 5.41. The molecule has 2 rings (SSSR count). The SMILES string of the molecule is COc1cccc2c(CS)cc(C(C)(C)C)nc12. The smallest absolute Gasteiger partial charge is 0.145 e. The first-order chi connectivity index (χ1) is 8.47. The fraction of sp³-hybridized carbons (Fsp3) is 0.400. The number of ether oxygens (including phenoxy) is 1. The molecule has 0 atom stereocenters. The Bertz CT molecular complexity index is 572. The van der Waals surface area contributed by atoms with E-state index in [4.69, 9.17) is 9.72 Å². The van der Waals surface area contributed by atoms with E-state index in [9.17, 15) is 0 Å². The molecule has 1 heterocycles. The quantitative estimate of drug-likeness (QED) is 0.826. The Morgan fingerprint density at radius 1 is 1.28 bits per heavy atom. The number of aromatic nitrogens is 1. The minimum absolute atomic E-state index is 0.0206. The van der Waals surface area contributed by atoms with Gasteiger partial charge in [0.2, 0.25) is 0 Å². The molecule has 0 aliphatic carbocycles. The van der Waals surface area contributed by atoms with Gasteiger partial charge in [0.25, 0.3) is 0 Å². The highest BCUT2D eigenvalue weighted by atomic mass is 32.1. The van der Waals surface area contributed by atoms with E-state index >= 15 is 0 Å². The van der Waals surface area contributed by atoms with Crippen LogP contribution in [-0.2, 0) is 11.2 Å². The van der Waals surface area contributed by atoms with Crippen LogP contribution >= 0.6 is 12.6 Å². The highest BCUT2D eigenvalue weighted by Crippen LogP contribution is 2.31. The Kier molecular flexibility index (Phi) is 3.53. The van der Waals surface area contributed by atoms with Gasteiger partial charge in [0.15, 0.2) is 0 Å². The molecule has 0 radical (unpaired) electrons. The lowest BCUT2D eigenvalue weighted by molar-refractivity contribution is 0.418. The topological polar surface area (TPSA) is 22.1 Å². The van der Waals surface area contributed by atoms with Crippen LogP contribution < -0.4 is 4.74 Å². The third kappa shape index (κ3) is 2.32. The highest BCUT2D eigenvalue weighted by molar-refractivity contribution is 7.79. The normalized spacial score (nSPS) is 11.8. The first-order valence-electron chi connectivity index (χ1n) is 6.05. The number of methoxy groups -OCH3 is 1. The van der Waals surface area contributed by atoms with Gasteiger partial charge in [0.05, 0.1) is 7.11 Å². The Morgan fingerprint density at radius 3 is 2.56 bits per heavy atom. The summed E-state index contributed by atoms with van der Waals surface area (Å²) in [4.78, 5) is 4.77. The molecule has 1 aromatic heterocycles. The van der Waals surface area contributed by atoms with Crippen LogP contribution in [0.3, 0.4) is 0 Å². The third-order valence-electron chi connectivity index (χ3n) is 3.05. The number of nitrogens with zero attached hydrogens (tertiary/aromatic N) is 1. The number of hydrogen-bond donors (Lipinski definition) is 1. The number of thiol groups is 1. The molecule has 0 aliphatic rings. The Morgan fingerprint density at radius 2 is 2.00 bits per heavy atom. The van der Waals surface area contributed by atoms with Gasteiger partial charge in [0, 0.05) is 22.2 Å². The average Bonchev–Trinajstić information content (AvgIpc) is 2.35. The summed E-state index contributed by atoms with van der Waals surface area (Å²) in [5, 5.41) is 1.12. The van der Waals surface area contributed by atoms with Gasteiger partial charge in [-0.25, -0.2) is 4.98 Å². The molecule has 0 fully saturated rings. The Balaban J connectivity index is 2.80. The lowest BCUT2D eigenvalue weighted by Crippen LogP contribution is -2.14. The monoisotopic (exact) mass is 261 g/mol. The van der Waals surface area contributed by atoms with E-state index in [-0.39, 0.29) is 5.41 Å². The number of para-hydroxylation sites is 1. The highest BCUT2D eigenvalue weighted by Gasteiger charge is 2.18. The van der Waals surface area contributed by atoms with Gasteiger partial charge in [-0.1, -0.05) is 32.9 Å². The van der Waals surface area contributed by atoms with Gasteiger partial charge in [-0.3, -0.25) is 0 Å². The van der Waals surface area contributed by atoms with Gasteiger partial charge in [-0.05, 0) is 17.7 Å². The number of hydrogen-bond acceptors (Lipinski definition) is 3. The zero-order valence-electron chi connectivity index (χ0n) is 11.3. The summed E-state index contributed by atoms with van der Waals surface area (Å²) in [7, 11) is 1.68. The minimum atomic E-state index is 0.0206. The zero-order chi connectivity index (χ0) is 13.3. The van der Waals surface area contributed by atoms with Gasteiger partial charge >= 0.3 is 0 Å². The van der Waals surface area contributed by atoms with Crippen LogP contribution in [0.25, 0.3) is 10.9 Å². The molecular weight excluding hydrogens is 242 g/mol. The van der Waals surface area contributed by atoms with Crippen molar-refractivity contribution in [3.63, 3.8) is 0 Å². The van der Waals surface area contributed by atoms with Gasteiger partial charge in [-0.2, -0.15) is 12.6 Å². The molecule has 0 spiro atoms. The average molecular weight is 261 g/mol. The van der Waals surface area contributed by atoms with Crippen molar-refractivity contribution < 1.29 is 4.74 Å². The summed E-state index contributed by atoms with van der Waals surface area (Å²) >= 11 is 4.42. The lowest BCUT2D eigenvalue weighted by Gasteiger charge is -2.20. The summed E-state index contributed by atoms with van der Waals surface area (Å²) in [5.74, 6) is 1.52. The van der Waals surface area contributed by atoms with Crippen LogP contribution in [0, 0.1) is 0 Å². The van der Waals surface area contributed by atoms with Crippen molar-refractivity contribution in [2.24, 2.45) is 0 Å². The van der Waals surface area contributed by atoms with Crippen molar-refractivity contribution in [3.05, 3.63) is 35.5 Å². The first kappa shape index (κ1) is 13.2. The standard InChI is InChI=1S/C15H19NOS/c1-15(2,3)13-8-10(9-18)11-6-5-7-12(17-4)14(11)16-13/h5-8,18H,9H2,1-4H3. The maximum absolute atomic E-state index is 5.41. The Labute approximate surface area is 114 Å². The lowest BCUT2D eigenvalue weighted by atomic mass is 9.90. The van der Waals surface area contributed by atoms with E-state index < -0.39 is 0 Å².